The smallest absolute Gasteiger partial charge is 0.263 e. The first kappa shape index (κ1) is 30.7. The molecule has 0 aliphatic rings. The molecule has 2 aromatic carbocycles. The van der Waals surface area contributed by atoms with Gasteiger partial charge in [-0.1, -0.05) is 31.9 Å². The Morgan fingerprint density at radius 1 is 0.676 bits per heavy atom. The zero-order valence-corrected chi connectivity index (χ0v) is 20.2. The summed E-state index contributed by atoms with van der Waals surface area (Å²) < 4.78 is 106. The molecule has 4 atom stereocenters. The molecule has 14 heteroatoms. The molecule has 2 aromatic rings. The first-order valence-electron chi connectivity index (χ1n) is 9.22. The number of nitrogens with two attached hydrogens (primary N) is 2. The van der Waals surface area contributed by atoms with E-state index in [4.69, 9.17) is 21.7 Å². The van der Waals surface area contributed by atoms with E-state index in [2.05, 4.69) is 31.9 Å². The SMILES string of the molecule is N[C@@](c1cc(Br)ccc1F)(C(F)F)[C@@H](F)CO.N[C@@](c1cc(Br)ccc1F)(C(F)F)[C@H](F)CO. The topological polar surface area (TPSA) is 92.5 Å². The van der Waals surface area contributed by atoms with Gasteiger partial charge in [-0.05, 0) is 36.4 Å². The molecule has 0 aromatic heterocycles. The summed E-state index contributed by atoms with van der Waals surface area (Å²) in [5.74, 6) is -2.10. The molecule has 192 valence electrons. The van der Waals surface area contributed by atoms with E-state index >= 15 is 0 Å². The molecular weight excluding hydrogens is 612 g/mol. The summed E-state index contributed by atoms with van der Waals surface area (Å²) in [5.41, 5.74) is 3.38. The predicted molar refractivity (Wildman–Crippen MR) is 116 cm³/mol. The summed E-state index contributed by atoms with van der Waals surface area (Å²) in [7, 11) is 0. The number of rotatable bonds is 8. The van der Waals surface area contributed by atoms with Crippen molar-refractivity contribution in [1.29, 1.82) is 0 Å². The third-order valence-electron chi connectivity index (χ3n) is 4.87. The van der Waals surface area contributed by atoms with Gasteiger partial charge in [-0.3, -0.25) is 0 Å². The van der Waals surface area contributed by atoms with Crippen molar-refractivity contribution in [2.24, 2.45) is 11.5 Å². The van der Waals surface area contributed by atoms with Crippen LogP contribution in [0.1, 0.15) is 11.1 Å². The summed E-state index contributed by atoms with van der Waals surface area (Å²) in [6.45, 7) is -2.43. The van der Waals surface area contributed by atoms with Gasteiger partial charge < -0.3 is 21.7 Å². The number of aliphatic hydroxyl groups excluding tert-OH is 2. The van der Waals surface area contributed by atoms with Crippen LogP contribution >= 0.6 is 31.9 Å². The van der Waals surface area contributed by atoms with Crippen LogP contribution in [-0.4, -0.2) is 48.6 Å². The number of hydrogen-bond acceptors (Lipinski definition) is 4. The monoisotopic (exact) mass is 630 g/mol. The molecule has 2 rings (SSSR count). The first-order valence-corrected chi connectivity index (χ1v) is 10.8. The van der Waals surface area contributed by atoms with Gasteiger partial charge >= 0.3 is 0 Å². The molecule has 0 aliphatic heterocycles. The van der Waals surface area contributed by atoms with E-state index < -0.39 is 72.2 Å². The minimum absolute atomic E-state index is 0.287. The quantitative estimate of drug-likeness (QED) is 0.319. The molecule has 0 radical (unpaired) electrons. The fraction of sp³-hybridized carbons (Fsp3) is 0.400. The van der Waals surface area contributed by atoms with Crippen LogP contribution in [0.5, 0.6) is 0 Å². The zero-order valence-electron chi connectivity index (χ0n) is 17.0. The largest absolute Gasteiger partial charge is 0.393 e. The average molecular weight is 632 g/mol. The van der Waals surface area contributed by atoms with E-state index in [0.29, 0.717) is 0 Å². The molecule has 6 N–H and O–H groups in total. The molecule has 4 nitrogen and oxygen atoms in total. The van der Waals surface area contributed by atoms with E-state index in [1.165, 1.54) is 12.1 Å². The fourth-order valence-corrected chi connectivity index (χ4v) is 3.53. The van der Waals surface area contributed by atoms with Crippen LogP contribution in [0.4, 0.5) is 35.1 Å². The number of halogens is 10. The van der Waals surface area contributed by atoms with Crippen molar-refractivity contribution >= 4 is 31.9 Å². The minimum Gasteiger partial charge on any atom is -0.393 e. The van der Waals surface area contributed by atoms with Crippen molar-refractivity contribution in [2.45, 2.75) is 36.3 Å². The minimum atomic E-state index is -3.35. The Balaban J connectivity index is 0.000000340. The maximum absolute atomic E-state index is 13.4. The van der Waals surface area contributed by atoms with Crippen LogP contribution < -0.4 is 11.5 Å². The van der Waals surface area contributed by atoms with Gasteiger partial charge in [0.1, 0.15) is 22.7 Å². The molecule has 0 spiro atoms. The Morgan fingerprint density at radius 3 is 1.21 bits per heavy atom. The van der Waals surface area contributed by atoms with E-state index in [1.807, 2.05) is 0 Å². The maximum atomic E-state index is 13.4. The van der Waals surface area contributed by atoms with Crippen molar-refractivity contribution in [3.8, 4) is 0 Å². The van der Waals surface area contributed by atoms with E-state index in [1.54, 1.807) is 0 Å². The van der Waals surface area contributed by atoms with Gasteiger partial charge in [0.15, 0.2) is 12.3 Å². The number of hydrogen-bond donors (Lipinski definition) is 4. The van der Waals surface area contributed by atoms with Gasteiger partial charge in [-0.25, -0.2) is 35.1 Å². The van der Waals surface area contributed by atoms with E-state index in [0.717, 1.165) is 24.3 Å². The highest BCUT2D eigenvalue weighted by Crippen LogP contribution is 2.35. The lowest BCUT2D eigenvalue weighted by Crippen LogP contribution is -2.53. The normalized spacial score (nSPS) is 16.9. The zero-order chi connectivity index (χ0) is 26.4. The summed E-state index contributed by atoms with van der Waals surface area (Å²) in [6, 6.07) is 6.29. The third-order valence-corrected chi connectivity index (χ3v) is 5.86. The fourth-order valence-electron chi connectivity index (χ4n) is 2.81. The maximum Gasteiger partial charge on any atom is 0.263 e. The lowest BCUT2D eigenvalue weighted by molar-refractivity contribution is -0.0202. The Kier molecular flexibility index (Phi) is 11.4. The summed E-state index contributed by atoms with van der Waals surface area (Å²) in [4.78, 5) is 0. The molecule has 0 saturated carbocycles. The first-order chi connectivity index (χ1) is 15.7. The Bertz CT molecular complexity index is 883. The number of aliphatic hydroxyl groups is 2. The van der Waals surface area contributed by atoms with Crippen LogP contribution in [-0.2, 0) is 11.1 Å². The van der Waals surface area contributed by atoms with Gasteiger partial charge in [-0.15, -0.1) is 0 Å². The second kappa shape index (κ2) is 12.6. The van der Waals surface area contributed by atoms with Crippen molar-refractivity contribution in [2.75, 3.05) is 13.2 Å². The Morgan fingerprint density at radius 2 is 0.971 bits per heavy atom. The third kappa shape index (κ3) is 6.46. The molecule has 0 unspecified atom stereocenters. The van der Waals surface area contributed by atoms with Crippen LogP contribution in [0, 0.1) is 11.6 Å². The highest BCUT2D eigenvalue weighted by molar-refractivity contribution is 9.10. The standard InChI is InChI=1S/2C10H10BrF4NO/c2*11-5-1-2-7(12)6(3-5)10(16,9(14)15)8(13)4-17/h2*1-3,8-9,17H,4,16H2/t8-,10+;8-,10-/m01/s1. The molecule has 0 fully saturated rings. The van der Waals surface area contributed by atoms with Crippen LogP contribution in [0.15, 0.2) is 45.3 Å². The predicted octanol–water partition coefficient (Wildman–Crippen LogP) is 4.68. The summed E-state index contributed by atoms with van der Waals surface area (Å²) in [6.07, 6.45) is -11.6. The summed E-state index contributed by atoms with van der Waals surface area (Å²) in [5, 5.41) is 17.2. The van der Waals surface area contributed by atoms with Crippen molar-refractivity contribution in [3.63, 3.8) is 0 Å². The average Bonchev–Trinajstić information content (AvgIpc) is 2.80. The molecule has 0 saturated heterocycles. The van der Waals surface area contributed by atoms with Gasteiger partial charge in [-0.2, -0.15) is 0 Å². The second-order valence-corrected chi connectivity index (χ2v) is 8.85. The molecule has 0 bridgehead atoms. The van der Waals surface area contributed by atoms with E-state index in [9.17, 15) is 35.1 Å². The van der Waals surface area contributed by atoms with Crippen LogP contribution in [0.2, 0.25) is 0 Å². The Hall–Kier alpha value is -1.32. The highest BCUT2D eigenvalue weighted by Gasteiger charge is 2.48. The van der Waals surface area contributed by atoms with Crippen LogP contribution in [0.3, 0.4) is 0 Å². The lowest BCUT2D eigenvalue weighted by atomic mass is 9.86. The second-order valence-electron chi connectivity index (χ2n) is 7.02. The van der Waals surface area contributed by atoms with Crippen LogP contribution in [0.25, 0.3) is 0 Å². The van der Waals surface area contributed by atoms with Gasteiger partial charge in [0.25, 0.3) is 12.9 Å². The van der Waals surface area contributed by atoms with Crippen molar-refractivity contribution in [3.05, 3.63) is 68.1 Å². The highest BCUT2D eigenvalue weighted by atomic mass is 79.9. The lowest BCUT2D eigenvalue weighted by Gasteiger charge is -2.31. The molecular formula is C20H20Br2F8N2O2. The van der Waals surface area contributed by atoms with Crippen molar-refractivity contribution in [1.82, 2.24) is 0 Å². The molecule has 34 heavy (non-hydrogen) atoms. The molecule has 0 aliphatic carbocycles. The Labute approximate surface area is 206 Å². The van der Waals surface area contributed by atoms with Gasteiger partial charge in [0.2, 0.25) is 0 Å². The van der Waals surface area contributed by atoms with Crippen molar-refractivity contribution < 1.29 is 45.3 Å². The molecule has 0 amide bonds. The molecule has 0 heterocycles. The number of alkyl halides is 6. The summed E-state index contributed by atoms with van der Waals surface area (Å²) >= 11 is 5.91. The van der Waals surface area contributed by atoms with Gasteiger partial charge in [0, 0.05) is 20.1 Å². The van der Waals surface area contributed by atoms with E-state index in [-0.39, 0.29) is 8.95 Å². The number of benzene rings is 2. The van der Waals surface area contributed by atoms with Gasteiger partial charge in [0.05, 0.1) is 13.2 Å².